The molecule has 1 aromatic rings. The Morgan fingerprint density at radius 1 is 1.25 bits per heavy atom. The molecule has 0 aliphatic heterocycles. The van der Waals surface area contributed by atoms with Gasteiger partial charge in [-0.2, -0.15) is 0 Å². The molecular formula is C16H21FO3. The second-order valence-electron chi connectivity index (χ2n) is 5.26. The summed E-state index contributed by atoms with van der Waals surface area (Å²) in [5, 5.41) is 0. The van der Waals surface area contributed by atoms with Crippen molar-refractivity contribution in [3.63, 3.8) is 0 Å². The lowest BCUT2D eigenvalue weighted by atomic mass is 9.82. The van der Waals surface area contributed by atoms with Gasteiger partial charge >= 0.3 is 0 Å². The van der Waals surface area contributed by atoms with Gasteiger partial charge in [-0.15, -0.1) is 0 Å². The van der Waals surface area contributed by atoms with E-state index in [-0.39, 0.29) is 17.3 Å². The predicted octanol–water partition coefficient (Wildman–Crippen LogP) is 3.61. The Hall–Kier alpha value is -1.42. The van der Waals surface area contributed by atoms with E-state index in [9.17, 15) is 9.18 Å². The van der Waals surface area contributed by atoms with E-state index in [0.717, 1.165) is 25.7 Å². The number of carbonyl (C=O) groups excluding carboxylic acids is 1. The quantitative estimate of drug-likeness (QED) is 0.773. The van der Waals surface area contributed by atoms with Gasteiger partial charge in [-0.05, 0) is 30.9 Å². The number of rotatable bonds is 5. The Kier molecular flexibility index (Phi) is 5.12. The molecule has 20 heavy (non-hydrogen) atoms. The van der Waals surface area contributed by atoms with Gasteiger partial charge in [-0.25, -0.2) is 4.39 Å². The number of Topliss-reactive ketones (excluding diaryl/α,β-unsaturated/α-hetero) is 1. The summed E-state index contributed by atoms with van der Waals surface area (Å²) in [5.74, 6) is -0.208. The predicted molar refractivity (Wildman–Crippen MR) is 74.7 cm³/mol. The van der Waals surface area contributed by atoms with Gasteiger partial charge in [0.2, 0.25) is 0 Å². The van der Waals surface area contributed by atoms with Crippen LogP contribution in [0.4, 0.5) is 4.39 Å². The highest BCUT2D eigenvalue weighted by atomic mass is 19.1. The molecule has 0 aromatic heterocycles. The SMILES string of the molecule is COc1ccc(C(=O)C(OC)C2CCCCC2)c(F)c1. The number of benzene rings is 1. The third-order valence-corrected chi connectivity index (χ3v) is 4.03. The fourth-order valence-electron chi connectivity index (χ4n) is 2.93. The van der Waals surface area contributed by atoms with Crippen LogP contribution in [0, 0.1) is 11.7 Å². The molecule has 3 nitrogen and oxygen atoms in total. The highest BCUT2D eigenvalue weighted by Gasteiger charge is 2.31. The van der Waals surface area contributed by atoms with Gasteiger partial charge in [0.05, 0.1) is 12.7 Å². The van der Waals surface area contributed by atoms with Gasteiger partial charge in [0.1, 0.15) is 17.7 Å². The van der Waals surface area contributed by atoms with Crippen molar-refractivity contribution in [1.29, 1.82) is 0 Å². The van der Waals surface area contributed by atoms with Crippen molar-refractivity contribution in [2.24, 2.45) is 5.92 Å². The van der Waals surface area contributed by atoms with Crippen LogP contribution in [0.3, 0.4) is 0 Å². The van der Waals surface area contributed by atoms with E-state index in [1.54, 1.807) is 6.07 Å². The van der Waals surface area contributed by atoms with E-state index in [1.807, 2.05) is 0 Å². The van der Waals surface area contributed by atoms with Crippen molar-refractivity contribution in [1.82, 2.24) is 0 Å². The van der Waals surface area contributed by atoms with Crippen molar-refractivity contribution in [2.45, 2.75) is 38.2 Å². The molecule has 1 aliphatic carbocycles. The molecule has 0 radical (unpaired) electrons. The second-order valence-corrected chi connectivity index (χ2v) is 5.26. The summed E-state index contributed by atoms with van der Waals surface area (Å²) >= 11 is 0. The van der Waals surface area contributed by atoms with Crippen LogP contribution in [0.1, 0.15) is 42.5 Å². The maximum absolute atomic E-state index is 14.0. The molecule has 110 valence electrons. The molecule has 0 N–H and O–H groups in total. The van der Waals surface area contributed by atoms with E-state index < -0.39 is 11.9 Å². The molecular weight excluding hydrogens is 259 g/mol. The number of methoxy groups -OCH3 is 2. The third kappa shape index (κ3) is 3.18. The van der Waals surface area contributed by atoms with Gasteiger partial charge in [0.25, 0.3) is 0 Å². The van der Waals surface area contributed by atoms with Crippen LogP contribution in [0.5, 0.6) is 5.75 Å². The van der Waals surface area contributed by atoms with E-state index in [0.29, 0.717) is 5.75 Å². The molecule has 2 rings (SSSR count). The molecule has 1 saturated carbocycles. The number of hydrogen-bond acceptors (Lipinski definition) is 3. The van der Waals surface area contributed by atoms with Crippen LogP contribution in [0.2, 0.25) is 0 Å². The fourth-order valence-corrected chi connectivity index (χ4v) is 2.93. The van der Waals surface area contributed by atoms with E-state index in [4.69, 9.17) is 9.47 Å². The zero-order chi connectivity index (χ0) is 14.5. The van der Waals surface area contributed by atoms with Crippen molar-refractivity contribution in [2.75, 3.05) is 14.2 Å². The Labute approximate surface area is 119 Å². The van der Waals surface area contributed by atoms with Crippen LogP contribution in [-0.2, 0) is 4.74 Å². The Morgan fingerprint density at radius 2 is 1.95 bits per heavy atom. The molecule has 0 bridgehead atoms. The fraction of sp³-hybridized carbons (Fsp3) is 0.562. The Morgan fingerprint density at radius 3 is 2.50 bits per heavy atom. The van der Waals surface area contributed by atoms with Crippen LogP contribution >= 0.6 is 0 Å². The number of ether oxygens (including phenoxy) is 2. The number of ketones is 1. The first-order valence-corrected chi connectivity index (χ1v) is 7.08. The molecule has 4 heteroatoms. The van der Waals surface area contributed by atoms with E-state index in [1.165, 1.54) is 32.8 Å². The van der Waals surface area contributed by atoms with Crippen LogP contribution < -0.4 is 4.74 Å². The molecule has 1 atom stereocenters. The molecule has 0 amide bonds. The summed E-state index contributed by atoms with van der Waals surface area (Å²) in [4.78, 5) is 12.5. The number of hydrogen-bond donors (Lipinski definition) is 0. The lowest BCUT2D eigenvalue weighted by Crippen LogP contribution is -2.33. The molecule has 1 fully saturated rings. The van der Waals surface area contributed by atoms with Crippen LogP contribution in [-0.4, -0.2) is 26.1 Å². The largest absolute Gasteiger partial charge is 0.497 e. The standard InChI is InChI=1S/C16H21FO3/c1-19-12-8-9-13(14(17)10-12)15(18)16(20-2)11-6-4-3-5-7-11/h8-11,16H,3-7H2,1-2H3. The van der Waals surface area contributed by atoms with Crippen molar-refractivity contribution in [3.8, 4) is 5.75 Å². The van der Waals surface area contributed by atoms with E-state index in [2.05, 4.69) is 0 Å². The van der Waals surface area contributed by atoms with E-state index >= 15 is 0 Å². The summed E-state index contributed by atoms with van der Waals surface area (Å²) in [6.45, 7) is 0. The molecule has 0 spiro atoms. The minimum atomic E-state index is -0.549. The van der Waals surface area contributed by atoms with Crippen molar-refractivity contribution in [3.05, 3.63) is 29.6 Å². The topological polar surface area (TPSA) is 35.5 Å². The van der Waals surface area contributed by atoms with Crippen molar-refractivity contribution < 1.29 is 18.7 Å². The van der Waals surface area contributed by atoms with Crippen LogP contribution in [0.25, 0.3) is 0 Å². The first kappa shape index (κ1) is 15.0. The normalized spacial score (nSPS) is 17.8. The maximum Gasteiger partial charge on any atom is 0.194 e. The third-order valence-electron chi connectivity index (χ3n) is 4.03. The summed E-state index contributed by atoms with van der Waals surface area (Å²) in [5.41, 5.74) is 0.0863. The van der Waals surface area contributed by atoms with Crippen molar-refractivity contribution >= 4 is 5.78 Å². The lowest BCUT2D eigenvalue weighted by Gasteiger charge is -2.28. The molecule has 1 aromatic carbocycles. The lowest BCUT2D eigenvalue weighted by molar-refractivity contribution is 0.0311. The molecule has 0 saturated heterocycles. The van der Waals surface area contributed by atoms with Gasteiger partial charge < -0.3 is 9.47 Å². The Bertz CT molecular complexity index is 467. The van der Waals surface area contributed by atoms with Crippen LogP contribution in [0.15, 0.2) is 18.2 Å². The average Bonchev–Trinajstić information content (AvgIpc) is 2.48. The number of halogens is 1. The highest BCUT2D eigenvalue weighted by Crippen LogP contribution is 2.30. The van der Waals surface area contributed by atoms with Gasteiger partial charge in [-0.1, -0.05) is 19.3 Å². The first-order valence-electron chi connectivity index (χ1n) is 7.08. The highest BCUT2D eigenvalue weighted by molar-refractivity contribution is 6.00. The van der Waals surface area contributed by atoms with Gasteiger partial charge in [0, 0.05) is 13.2 Å². The average molecular weight is 280 g/mol. The summed E-state index contributed by atoms with van der Waals surface area (Å²) in [7, 11) is 2.99. The zero-order valence-electron chi connectivity index (χ0n) is 12.0. The monoisotopic (exact) mass is 280 g/mol. The Balaban J connectivity index is 2.19. The maximum atomic E-state index is 14.0. The minimum Gasteiger partial charge on any atom is -0.497 e. The molecule has 1 unspecified atom stereocenters. The van der Waals surface area contributed by atoms with Gasteiger partial charge in [-0.3, -0.25) is 4.79 Å². The molecule has 1 aliphatic rings. The smallest absolute Gasteiger partial charge is 0.194 e. The summed E-state index contributed by atoms with van der Waals surface area (Å²) in [6.07, 6.45) is 4.84. The molecule has 0 heterocycles. The van der Waals surface area contributed by atoms with Gasteiger partial charge in [0.15, 0.2) is 5.78 Å². The zero-order valence-corrected chi connectivity index (χ0v) is 12.0. The minimum absolute atomic E-state index is 0.0863. The summed E-state index contributed by atoms with van der Waals surface area (Å²) in [6, 6.07) is 4.32. The number of carbonyl (C=O) groups is 1. The second kappa shape index (κ2) is 6.84. The first-order chi connectivity index (χ1) is 9.67. The summed E-state index contributed by atoms with van der Waals surface area (Å²) < 4.78 is 24.3.